The van der Waals surface area contributed by atoms with Crippen LogP contribution in [0, 0.1) is 0 Å². The van der Waals surface area contributed by atoms with Crippen LogP contribution in [0.4, 0.5) is 0 Å². The fraction of sp³-hybridized carbons (Fsp3) is 0.533. The first kappa shape index (κ1) is 15.8. The third-order valence-corrected chi connectivity index (χ3v) is 3.57. The number of aliphatic hydroxyl groups is 1. The van der Waals surface area contributed by atoms with E-state index in [-0.39, 0.29) is 6.61 Å². The molecule has 6 heteroatoms. The van der Waals surface area contributed by atoms with Gasteiger partial charge >= 0.3 is 5.97 Å². The second-order valence-electron chi connectivity index (χ2n) is 5.59. The van der Waals surface area contributed by atoms with Crippen molar-refractivity contribution in [3.63, 3.8) is 0 Å². The van der Waals surface area contributed by atoms with Gasteiger partial charge in [-0.1, -0.05) is 12.1 Å². The summed E-state index contributed by atoms with van der Waals surface area (Å²) in [5, 5.41) is 18.8. The van der Waals surface area contributed by atoms with E-state index in [2.05, 4.69) is 0 Å². The average molecular weight is 295 g/mol. The number of nitrogens with zero attached hydrogens (tertiary/aromatic N) is 1. The van der Waals surface area contributed by atoms with Crippen LogP contribution in [-0.4, -0.2) is 60.0 Å². The molecule has 0 amide bonds. The minimum Gasteiger partial charge on any atom is -0.497 e. The summed E-state index contributed by atoms with van der Waals surface area (Å²) in [5.74, 6) is -0.254. The summed E-state index contributed by atoms with van der Waals surface area (Å²) in [7, 11) is 1.59. The second-order valence-corrected chi connectivity index (χ2v) is 5.59. The molecular weight excluding hydrogens is 274 g/mol. The third kappa shape index (κ3) is 4.17. The first-order chi connectivity index (χ1) is 9.92. The minimum absolute atomic E-state index is 0.289. The van der Waals surface area contributed by atoms with Gasteiger partial charge in [-0.2, -0.15) is 0 Å². The second kappa shape index (κ2) is 6.43. The van der Waals surface area contributed by atoms with Gasteiger partial charge in [-0.05, 0) is 24.6 Å². The van der Waals surface area contributed by atoms with E-state index in [0.29, 0.717) is 25.4 Å². The van der Waals surface area contributed by atoms with Gasteiger partial charge in [0.15, 0.2) is 0 Å². The molecule has 6 nitrogen and oxygen atoms in total. The van der Waals surface area contributed by atoms with Gasteiger partial charge in [0.25, 0.3) is 0 Å². The van der Waals surface area contributed by atoms with Gasteiger partial charge < -0.3 is 19.7 Å². The predicted octanol–water partition coefficient (Wildman–Crippen LogP) is 0.904. The number of carboxylic acids is 1. The van der Waals surface area contributed by atoms with Crippen LogP contribution in [0.3, 0.4) is 0 Å². The van der Waals surface area contributed by atoms with Crippen molar-refractivity contribution in [2.45, 2.75) is 18.6 Å². The number of likely N-dealkylation sites (tertiary alicyclic amines) is 1. The maximum atomic E-state index is 10.5. The van der Waals surface area contributed by atoms with Crippen LogP contribution in [0.2, 0.25) is 0 Å². The van der Waals surface area contributed by atoms with Crippen molar-refractivity contribution in [2.24, 2.45) is 0 Å². The fourth-order valence-corrected chi connectivity index (χ4v) is 2.55. The monoisotopic (exact) mass is 295 g/mol. The van der Waals surface area contributed by atoms with E-state index >= 15 is 0 Å². The molecule has 1 aliphatic rings. The lowest BCUT2D eigenvalue weighted by Crippen LogP contribution is -2.62. The number of aliphatic carboxylic acids is 1. The Hall–Kier alpha value is -1.63. The number of carboxylic acid groups (broad SMARTS) is 1. The van der Waals surface area contributed by atoms with Gasteiger partial charge in [0.1, 0.15) is 12.4 Å². The summed E-state index contributed by atoms with van der Waals surface area (Å²) < 4.78 is 10.5. The van der Waals surface area contributed by atoms with Gasteiger partial charge in [-0.3, -0.25) is 4.90 Å². The number of methoxy groups -OCH3 is 1. The van der Waals surface area contributed by atoms with Crippen molar-refractivity contribution in [2.75, 3.05) is 33.4 Å². The Morgan fingerprint density at radius 1 is 1.48 bits per heavy atom. The van der Waals surface area contributed by atoms with Gasteiger partial charge in [0.2, 0.25) is 0 Å². The number of benzene rings is 1. The Morgan fingerprint density at radius 2 is 2.19 bits per heavy atom. The summed E-state index contributed by atoms with van der Waals surface area (Å²) >= 11 is 0. The third-order valence-electron chi connectivity index (χ3n) is 3.57. The number of aliphatic hydroxyl groups excluding tert-OH is 1. The van der Waals surface area contributed by atoms with Crippen LogP contribution in [0.1, 0.15) is 18.6 Å². The highest BCUT2D eigenvalue weighted by molar-refractivity contribution is 5.68. The Balaban J connectivity index is 1.82. The van der Waals surface area contributed by atoms with E-state index in [4.69, 9.17) is 14.6 Å². The van der Waals surface area contributed by atoms with Crippen molar-refractivity contribution in [3.8, 4) is 5.75 Å². The Morgan fingerprint density at radius 3 is 2.81 bits per heavy atom. The van der Waals surface area contributed by atoms with Crippen molar-refractivity contribution < 1.29 is 24.5 Å². The molecule has 0 saturated carbocycles. The van der Waals surface area contributed by atoms with Crippen LogP contribution in [-0.2, 0) is 9.53 Å². The van der Waals surface area contributed by atoms with E-state index in [0.717, 1.165) is 5.56 Å². The quantitative estimate of drug-likeness (QED) is 0.778. The van der Waals surface area contributed by atoms with E-state index in [1.165, 1.54) is 0 Å². The summed E-state index contributed by atoms with van der Waals surface area (Å²) in [6.45, 7) is 3.30. The normalized spacial score (nSPS) is 18.8. The zero-order chi connectivity index (χ0) is 15.5. The number of ether oxygens (including phenoxy) is 2. The molecular formula is C15H21NO5. The molecule has 2 N–H and O–H groups in total. The zero-order valence-electron chi connectivity index (χ0n) is 12.3. The molecule has 1 heterocycles. The van der Waals surface area contributed by atoms with E-state index < -0.39 is 17.7 Å². The van der Waals surface area contributed by atoms with E-state index in [9.17, 15) is 9.90 Å². The Bertz CT molecular complexity index is 499. The molecule has 116 valence electrons. The molecule has 1 fully saturated rings. The molecule has 1 aromatic rings. The maximum Gasteiger partial charge on any atom is 0.329 e. The Kier molecular flexibility index (Phi) is 4.82. The first-order valence-electron chi connectivity index (χ1n) is 6.82. The molecule has 1 atom stereocenters. The summed E-state index contributed by atoms with van der Waals surface area (Å²) in [6, 6.07) is 7.34. The summed E-state index contributed by atoms with van der Waals surface area (Å²) in [5.41, 5.74) is 0.362. The van der Waals surface area contributed by atoms with Crippen molar-refractivity contribution in [1.29, 1.82) is 0 Å². The molecule has 0 spiro atoms. The first-order valence-corrected chi connectivity index (χ1v) is 6.82. The highest BCUT2D eigenvalue weighted by Crippen LogP contribution is 2.27. The minimum atomic E-state index is -0.967. The van der Waals surface area contributed by atoms with Crippen LogP contribution < -0.4 is 4.74 Å². The zero-order valence-corrected chi connectivity index (χ0v) is 12.3. The maximum absolute atomic E-state index is 10.5. The molecule has 1 saturated heterocycles. The molecule has 0 radical (unpaired) electrons. The average Bonchev–Trinajstić information content (AvgIpc) is 2.43. The molecule has 0 aliphatic carbocycles. The van der Waals surface area contributed by atoms with Gasteiger partial charge in [0.05, 0.1) is 18.8 Å². The van der Waals surface area contributed by atoms with Gasteiger partial charge in [-0.25, -0.2) is 4.79 Å². The summed E-state index contributed by atoms with van der Waals surface area (Å²) in [6.07, 6.45) is -0.607. The molecule has 0 aromatic heterocycles. The lowest BCUT2D eigenvalue weighted by molar-refractivity contribution is -0.167. The predicted molar refractivity (Wildman–Crippen MR) is 76.4 cm³/mol. The van der Waals surface area contributed by atoms with Crippen molar-refractivity contribution >= 4 is 5.97 Å². The van der Waals surface area contributed by atoms with Crippen LogP contribution in [0.15, 0.2) is 24.3 Å². The summed E-state index contributed by atoms with van der Waals surface area (Å²) in [4.78, 5) is 12.5. The largest absolute Gasteiger partial charge is 0.497 e. The molecule has 1 aromatic carbocycles. The topological polar surface area (TPSA) is 79.2 Å². The molecule has 1 unspecified atom stereocenters. The van der Waals surface area contributed by atoms with Crippen LogP contribution in [0.5, 0.6) is 5.75 Å². The lowest BCUT2D eigenvalue weighted by Gasteiger charge is -2.48. The smallest absolute Gasteiger partial charge is 0.329 e. The number of β-amino-alcohol motifs (C(OH)–C–C–N with tert-alkyl or cyclic N) is 1. The number of hydrogen-bond donors (Lipinski definition) is 2. The number of hydrogen-bond acceptors (Lipinski definition) is 5. The van der Waals surface area contributed by atoms with E-state index in [1.807, 2.05) is 36.1 Å². The highest BCUT2D eigenvalue weighted by atomic mass is 16.5. The van der Waals surface area contributed by atoms with Gasteiger partial charge in [0, 0.05) is 19.6 Å². The number of carbonyl (C=O) groups is 1. The molecule has 21 heavy (non-hydrogen) atoms. The van der Waals surface area contributed by atoms with Crippen molar-refractivity contribution in [1.82, 2.24) is 4.90 Å². The standard InChI is InChI=1S/C15H21NO5/c1-15(21-8-14(18)19)9-16(10-15)7-13(17)11-4-3-5-12(6-11)20-2/h3-6,13,17H,7-10H2,1-2H3,(H,18,19). The van der Waals surface area contributed by atoms with Gasteiger partial charge in [-0.15, -0.1) is 0 Å². The highest BCUT2D eigenvalue weighted by Gasteiger charge is 2.40. The fourth-order valence-electron chi connectivity index (χ4n) is 2.55. The Labute approximate surface area is 123 Å². The lowest BCUT2D eigenvalue weighted by atomic mass is 9.95. The van der Waals surface area contributed by atoms with Crippen molar-refractivity contribution in [3.05, 3.63) is 29.8 Å². The SMILES string of the molecule is COc1cccc(C(O)CN2CC(C)(OCC(=O)O)C2)c1. The molecule has 0 bridgehead atoms. The van der Waals surface area contributed by atoms with Crippen LogP contribution in [0.25, 0.3) is 0 Å². The number of rotatable bonds is 7. The molecule has 2 rings (SSSR count). The molecule has 1 aliphatic heterocycles. The van der Waals surface area contributed by atoms with Crippen LogP contribution >= 0.6 is 0 Å². The van der Waals surface area contributed by atoms with E-state index in [1.54, 1.807) is 7.11 Å².